The van der Waals surface area contributed by atoms with E-state index >= 15 is 0 Å². The average molecular weight is 411 g/mol. The van der Waals surface area contributed by atoms with E-state index in [4.69, 9.17) is 11.6 Å². The minimum absolute atomic E-state index is 0.0337. The number of rotatable bonds is 5. The van der Waals surface area contributed by atoms with Gasteiger partial charge in [-0.15, -0.1) is 0 Å². The fourth-order valence-corrected chi connectivity index (χ4v) is 5.00. The summed E-state index contributed by atoms with van der Waals surface area (Å²) in [4.78, 5) is 12.4. The van der Waals surface area contributed by atoms with Crippen molar-refractivity contribution in [1.82, 2.24) is 9.62 Å². The second-order valence-corrected chi connectivity index (χ2v) is 8.72. The van der Waals surface area contributed by atoms with E-state index in [0.717, 1.165) is 25.3 Å². The highest BCUT2D eigenvalue weighted by Crippen LogP contribution is 2.24. The molecule has 1 heterocycles. The molecule has 0 unspecified atom stereocenters. The number of sulfonamides is 1. The van der Waals surface area contributed by atoms with Crippen molar-refractivity contribution in [3.05, 3.63) is 64.4 Å². The highest BCUT2D eigenvalue weighted by Gasteiger charge is 2.28. The van der Waals surface area contributed by atoms with Gasteiger partial charge in [0.2, 0.25) is 10.0 Å². The molecular formula is C19H20ClFN2O3S. The van der Waals surface area contributed by atoms with Crippen molar-refractivity contribution in [3.8, 4) is 0 Å². The van der Waals surface area contributed by atoms with Gasteiger partial charge in [-0.05, 0) is 42.7 Å². The molecule has 27 heavy (non-hydrogen) atoms. The molecule has 1 aliphatic heterocycles. The van der Waals surface area contributed by atoms with Crippen molar-refractivity contribution in [3.63, 3.8) is 0 Å². The zero-order chi connectivity index (χ0) is 19.4. The first-order valence-corrected chi connectivity index (χ1v) is 10.5. The maximum atomic E-state index is 13.8. The van der Waals surface area contributed by atoms with Gasteiger partial charge in [0.1, 0.15) is 5.82 Å². The molecule has 0 bridgehead atoms. The minimum Gasteiger partial charge on any atom is -0.348 e. The Labute approximate surface area is 163 Å². The summed E-state index contributed by atoms with van der Waals surface area (Å²) < 4.78 is 41.2. The molecule has 0 spiro atoms. The van der Waals surface area contributed by atoms with Crippen LogP contribution in [0.2, 0.25) is 5.02 Å². The molecule has 0 aromatic heterocycles. The lowest BCUT2D eigenvalue weighted by molar-refractivity contribution is 0.0946. The first-order valence-electron chi connectivity index (χ1n) is 8.71. The number of nitrogens with zero attached hydrogens (tertiary/aromatic N) is 1. The van der Waals surface area contributed by atoms with Gasteiger partial charge in [-0.3, -0.25) is 4.79 Å². The molecule has 1 N–H and O–H groups in total. The summed E-state index contributed by atoms with van der Waals surface area (Å²) in [5.41, 5.74) is 0.276. The van der Waals surface area contributed by atoms with Gasteiger partial charge >= 0.3 is 0 Å². The van der Waals surface area contributed by atoms with Crippen LogP contribution >= 0.6 is 11.6 Å². The lowest BCUT2D eigenvalue weighted by atomic mass is 10.2. The van der Waals surface area contributed by atoms with Crippen LogP contribution < -0.4 is 5.32 Å². The first-order chi connectivity index (χ1) is 12.9. The van der Waals surface area contributed by atoms with Gasteiger partial charge in [0.05, 0.1) is 10.5 Å². The van der Waals surface area contributed by atoms with E-state index in [1.54, 1.807) is 18.2 Å². The second-order valence-electron chi connectivity index (χ2n) is 6.38. The van der Waals surface area contributed by atoms with E-state index < -0.39 is 21.7 Å². The fraction of sp³-hybridized carbons (Fsp3) is 0.316. The van der Waals surface area contributed by atoms with E-state index in [1.165, 1.54) is 22.5 Å². The molecule has 0 aliphatic carbocycles. The first kappa shape index (κ1) is 19.8. The topological polar surface area (TPSA) is 66.5 Å². The smallest absolute Gasteiger partial charge is 0.254 e. The van der Waals surface area contributed by atoms with E-state index in [2.05, 4.69) is 5.32 Å². The zero-order valence-electron chi connectivity index (χ0n) is 14.6. The molecule has 0 saturated carbocycles. The molecule has 1 saturated heterocycles. The summed E-state index contributed by atoms with van der Waals surface area (Å²) in [6.45, 7) is 0.960. The molecule has 2 aromatic carbocycles. The van der Waals surface area contributed by atoms with Crippen LogP contribution in [-0.2, 0) is 16.6 Å². The highest BCUT2D eigenvalue weighted by atomic mass is 35.5. The summed E-state index contributed by atoms with van der Waals surface area (Å²) >= 11 is 5.82. The van der Waals surface area contributed by atoms with Crippen LogP contribution in [-0.4, -0.2) is 31.7 Å². The molecule has 3 rings (SSSR count). The van der Waals surface area contributed by atoms with Crippen LogP contribution in [0, 0.1) is 5.82 Å². The summed E-state index contributed by atoms with van der Waals surface area (Å²) in [6.07, 6.45) is 2.70. The SMILES string of the molecule is O=C(NCc1ccccc1S(=O)(=O)N1CCCCC1)c1cc(Cl)ccc1F. The number of piperidine rings is 1. The van der Waals surface area contributed by atoms with Crippen LogP contribution in [0.3, 0.4) is 0 Å². The van der Waals surface area contributed by atoms with Crippen molar-refractivity contribution >= 4 is 27.5 Å². The number of amides is 1. The Morgan fingerprint density at radius 3 is 2.56 bits per heavy atom. The summed E-state index contributed by atoms with van der Waals surface area (Å²) in [5.74, 6) is -1.34. The average Bonchev–Trinajstić information content (AvgIpc) is 2.69. The molecule has 1 amide bonds. The molecule has 2 aromatic rings. The molecule has 144 valence electrons. The molecule has 0 radical (unpaired) electrons. The van der Waals surface area contributed by atoms with Gasteiger partial charge in [0.15, 0.2) is 0 Å². The number of carbonyl (C=O) groups is 1. The van der Waals surface area contributed by atoms with Crippen molar-refractivity contribution in [2.24, 2.45) is 0 Å². The molecular weight excluding hydrogens is 391 g/mol. The predicted molar refractivity (Wildman–Crippen MR) is 102 cm³/mol. The van der Waals surface area contributed by atoms with E-state index in [0.29, 0.717) is 18.7 Å². The number of carbonyl (C=O) groups excluding carboxylic acids is 1. The van der Waals surface area contributed by atoms with E-state index in [9.17, 15) is 17.6 Å². The van der Waals surface area contributed by atoms with Gasteiger partial charge < -0.3 is 5.32 Å². The van der Waals surface area contributed by atoms with Crippen molar-refractivity contribution in [2.45, 2.75) is 30.7 Å². The Morgan fingerprint density at radius 2 is 1.81 bits per heavy atom. The Hall–Kier alpha value is -1.96. The van der Waals surface area contributed by atoms with Gasteiger partial charge in [0, 0.05) is 24.7 Å². The molecule has 0 atom stereocenters. The van der Waals surface area contributed by atoms with E-state index in [1.807, 2.05) is 0 Å². The van der Waals surface area contributed by atoms with Crippen LogP contribution in [0.4, 0.5) is 4.39 Å². The summed E-state index contributed by atoms with van der Waals surface area (Å²) in [6, 6.07) is 10.2. The monoisotopic (exact) mass is 410 g/mol. The Kier molecular flexibility index (Phi) is 6.14. The Morgan fingerprint density at radius 1 is 1.11 bits per heavy atom. The zero-order valence-corrected chi connectivity index (χ0v) is 16.2. The second kappa shape index (κ2) is 8.37. The van der Waals surface area contributed by atoms with Crippen LogP contribution in [0.5, 0.6) is 0 Å². The number of nitrogens with one attached hydrogen (secondary N) is 1. The van der Waals surface area contributed by atoms with Crippen molar-refractivity contribution in [1.29, 1.82) is 0 Å². The van der Waals surface area contributed by atoms with Gasteiger partial charge in [-0.2, -0.15) is 4.31 Å². The van der Waals surface area contributed by atoms with E-state index in [-0.39, 0.29) is 22.0 Å². The standard InChI is InChI=1S/C19H20ClFN2O3S/c20-15-8-9-17(21)16(12-15)19(24)22-13-14-6-2-3-7-18(14)27(25,26)23-10-4-1-5-11-23/h2-3,6-9,12H,1,4-5,10-11,13H2,(H,22,24). The molecule has 1 aliphatic rings. The van der Waals surface area contributed by atoms with Crippen LogP contribution in [0.25, 0.3) is 0 Å². The Bertz CT molecular complexity index is 944. The van der Waals surface area contributed by atoms with Gasteiger partial charge in [-0.1, -0.05) is 36.2 Å². The van der Waals surface area contributed by atoms with Crippen molar-refractivity contribution < 1.29 is 17.6 Å². The number of halogens is 2. The summed E-state index contributed by atoms with van der Waals surface area (Å²) in [5, 5.41) is 2.82. The highest BCUT2D eigenvalue weighted by molar-refractivity contribution is 7.89. The number of hydrogen-bond donors (Lipinski definition) is 1. The van der Waals surface area contributed by atoms with Crippen LogP contribution in [0.15, 0.2) is 47.4 Å². The lowest BCUT2D eigenvalue weighted by Gasteiger charge is -2.26. The predicted octanol–water partition coefficient (Wildman–Crippen LogP) is 3.58. The quantitative estimate of drug-likeness (QED) is 0.819. The summed E-state index contributed by atoms with van der Waals surface area (Å²) in [7, 11) is -3.63. The molecule has 8 heteroatoms. The lowest BCUT2D eigenvalue weighted by Crippen LogP contribution is -2.36. The fourth-order valence-electron chi connectivity index (χ4n) is 3.09. The van der Waals surface area contributed by atoms with Crippen LogP contribution in [0.1, 0.15) is 35.2 Å². The molecule has 1 fully saturated rings. The minimum atomic E-state index is -3.63. The van der Waals surface area contributed by atoms with Gasteiger partial charge in [0.25, 0.3) is 5.91 Å². The molecule has 5 nitrogen and oxygen atoms in total. The normalized spacial score (nSPS) is 15.5. The third-order valence-electron chi connectivity index (χ3n) is 4.52. The number of hydrogen-bond acceptors (Lipinski definition) is 3. The maximum Gasteiger partial charge on any atom is 0.254 e. The maximum absolute atomic E-state index is 13.8. The van der Waals surface area contributed by atoms with Gasteiger partial charge in [-0.25, -0.2) is 12.8 Å². The van der Waals surface area contributed by atoms with Crippen molar-refractivity contribution in [2.75, 3.05) is 13.1 Å². The third kappa shape index (κ3) is 4.48. The largest absolute Gasteiger partial charge is 0.348 e. The Balaban J connectivity index is 1.80. The number of benzene rings is 2. The third-order valence-corrected chi connectivity index (χ3v) is 6.75.